The maximum absolute atomic E-state index is 12.6. The van der Waals surface area contributed by atoms with Crippen LogP contribution < -0.4 is 0 Å². The average molecular weight is 328 g/mol. The van der Waals surface area contributed by atoms with Crippen LogP contribution in [0.5, 0.6) is 0 Å². The first kappa shape index (κ1) is 16.2. The number of hydrogen-bond acceptors (Lipinski definition) is 4. The first-order chi connectivity index (χ1) is 11.4. The Morgan fingerprint density at radius 3 is 2.50 bits per heavy atom. The maximum atomic E-state index is 12.6. The molecule has 2 aromatic heterocycles. The molecule has 0 aromatic carbocycles. The SMILES string of the molecule is Cc1cc(C)n(-c2ccc(C(=O)N3C[C@@H](C)[C@H](C(=O)O)C3)cn2)n1. The van der Waals surface area contributed by atoms with Crippen LogP contribution in [0.4, 0.5) is 0 Å². The smallest absolute Gasteiger partial charge is 0.308 e. The van der Waals surface area contributed by atoms with Crippen LogP contribution in [-0.2, 0) is 4.79 Å². The Labute approximate surface area is 139 Å². The van der Waals surface area contributed by atoms with E-state index >= 15 is 0 Å². The minimum absolute atomic E-state index is 0.0478. The monoisotopic (exact) mass is 328 g/mol. The predicted molar refractivity (Wildman–Crippen MR) is 87.0 cm³/mol. The molecule has 7 heteroatoms. The highest BCUT2D eigenvalue weighted by Gasteiger charge is 2.37. The van der Waals surface area contributed by atoms with Crippen molar-refractivity contribution >= 4 is 11.9 Å². The number of rotatable bonds is 3. The van der Waals surface area contributed by atoms with Crippen LogP contribution in [0.3, 0.4) is 0 Å². The van der Waals surface area contributed by atoms with Crippen molar-refractivity contribution in [1.82, 2.24) is 19.7 Å². The van der Waals surface area contributed by atoms with Gasteiger partial charge in [-0.05, 0) is 38.0 Å². The molecule has 1 fully saturated rings. The van der Waals surface area contributed by atoms with Crippen molar-refractivity contribution in [3.63, 3.8) is 0 Å². The van der Waals surface area contributed by atoms with Crippen molar-refractivity contribution in [2.24, 2.45) is 11.8 Å². The quantitative estimate of drug-likeness (QED) is 0.926. The molecule has 1 aliphatic rings. The molecule has 0 spiro atoms. The molecule has 0 radical (unpaired) electrons. The van der Waals surface area contributed by atoms with Crippen LogP contribution in [0.2, 0.25) is 0 Å². The lowest BCUT2D eigenvalue weighted by molar-refractivity contribution is -0.142. The summed E-state index contributed by atoms with van der Waals surface area (Å²) >= 11 is 0. The van der Waals surface area contributed by atoms with Gasteiger partial charge in [-0.2, -0.15) is 5.10 Å². The molecule has 7 nitrogen and oxygen atoms in total. The molecule has 0 aliphatic carbocycles. The summed E-state index contributed by atoms with van der Waals surface area (Å²) in [6.07, 6.45) is 1.52. The minimum Gasteiger partial charge on any atom is -0.481 e. The van der Waals surface area contributed by atoms with E-state index in [1.165, 1.54) is 6.20 Å². The summed E-state index contributed by atoms with van der Waals surface area (Å²) in [5.41, 5.74) is 2.33. The third-order valence-electron chi connectivity index (χ3n) is 4.44. The van der Waals surface area contributed by atoms with E-state index in [9.17, 15) is 14.7 Å². The highest BCUT2D eigenvalue weighted by atomic mass is 16.4. The lowest BCUT2D eigenvalue weighted by atomic mass is 9.99. The lowest BCUT2D eigenvalue weighted by Crippen LogP contribution is -2.30. The van der Waals surface area contributed by atoms with Crippen LogP contribution in [0.25, 0.3) is 5.82 Å². The van der Waals surface area contributed by atoms with Gasteiger partial charge in [-0.25, -0.2) is 9.67 Å². The Balaban J connectivity index is 1.77. The zero-order chi connectivity index (χ0) is 17.4. The molecule has 0 saturated carbocycles. The van der Waals surface area contributed by atoms with Gasteiger partial charge >= 0.3 is 5.97 Å². The molecule has 2 aromatic rings. The second-order valence-electron chi connectivity index (χ2n) is 6.38. The normalized spacial score (nSPS) is 20.4. The molecule has 3 heterocycles. The summed E-state index contributed by atoms with van der Waals surface area (Å²) in [5, 5.41) is 13.5. The molecule has 1 amide bonds. The van der Waals surface area contributed by atoms with Gasteiger partial charge in [0.05, 0.1) is 17.2 Å². The van der Waals surface area contributed by atoms with E-state index < -0.39 is 11.9 Å². The highest BCUT2D eigenvalue weighted by molar-refractivity contribution is 5.94. The standard InChI is InChI=1S/C17H20N4O3/c1-10-8-20(9-14(10)17(23)24)16(22)13-4-5-15(18-7-13)21-12(3)6-11(2)19-21/h4-7,10,14H,8-9H2,1-3H3,(H,23,24)/t10-,14-/m1/s1. The average Bonchev–Trinajstić information content (AvgIpc) is 3.09. The highest BCUT2D eigenvalue weighted by Crippen LogP contribution is 2.24. The fraction of sp³-hybridized carbons (Fsp3) is 0.412. The topological polar surface area (TPSA) is 88.3 Å². The molecular weight excluding hydrogens is 308 g/mol. The van der Waals surface area contributed by atoms with Gasteiger partial charge in [0.25, 0.3) is 5.91 Å². The fourth-order valence-electron chi connectivity index (χ4n) is 3.14. The number of likely N-dealkylation sites (tertiary alicyclic amines) is 1. The van der Waals surface area contributed by atoms with E-state index in [0.717, 1.165) is 11.4 Å². The Kier molecular flexibility index (Phi) is 4.09. The number of aliphatic carboxylic acids is 1. The third kappa shape index (κ3) is 2.89. The Morgan fingerprint density at radius 1 is 1.25 bits per heavy atom. The number of amides is 1. The number of hydrogen-bond donors (Lipinski definition) is 1. The van der Waals surface area contributed by atoms with Gasteiger partial charge in [-0.3, -0.25) is 9.59 Å². The van der Waals surface area contributed by atoms with Gasteiger partial charge in [0.2, 0.25) is 0 Å². The molecule has 24 heavy (non-hydrogen) atoms. The second kappa shape index (κ2) is 6.07. The van der Waals surface area contributed by atoms with Crippen LogP contribution in [0.15, 0.2) is 24.4 Å². The maximum Gasteiger partial charge on any atom is 0.308 e. The Morgan fingerprint density at radius 2 is 2.00 bits per heavy atom. The number of carbonyl (C=O) groups is 2. The summed E-state index contributed by atoms with van der Waals surface area (Å²) in [5.74, 6) is -0.937. The van der Waals surface area contributed by atoms with Gasteiger partial charge in [-0.15, -0.1) is 0 Å². The van der Waals surface area contributed by atoms with Gasteiger partial charge in [0, 0.05) is 25.0 Å². The van der Waals surface area contributed by atoms with Gasteiger partial charge < -0.3 is 10.0 Å². The second-order valence-corrected chi connectivity index (χ2v) is 6.38. The van der Waals surface area contributed by atoms with Gasteiger partial charge in [0.15, 0.2) is 5.82 Å². The zero-order valence-corrected chi connectivity index (χ0v) is 13.9. The minimum atomic E-state index is -0.851. The predicted octanol–water partition coefficient (Wildman–Crippen LogP) is 1.68. The molecule has 2 atom stereocenters. The molecule has 1 N–H and O–H groups in total. The van der Waals surface area contributed by atoms with Gasteiger partial charge in [0.1, 0.15) is 0 Å². The molecule has 1 saturated heterocycles. The first-order valence-corrected chi connectivity index (χ1v) is 7.88. The van der Waals surface area contributed by atoms with E-state index in [1.807, 2.05) is 26.8 Å². The van der Waals surface area contributed by atoms with E-state index in [0.29, 0.717) is 17.9 Å². The number of carboxylic acid groups (broad SMARTS) is 1. The molecule has 1 aliphatic heterocycles. The van der Waals surface area contributed by atoms with E-state index in [1.54, 1.807) is 21.7 Å². The van der Waals surface area contributed by atoms with E-state index in [-0.39, 0.29) is 18.4 Å². The van der Waals surface area contributed by atoms with Crippen LogP contribution in [0.1, 0.15) is 28.7 Å². The number of carboxylic acids is 1. The molecule has 3 rings (SSSR count). The van der Waals surface area contributed by atoms with Crippen molar-refractivity contribution < 1.29 is 14.7 Å². The summed E-state index contributed by atoms with van der Waals surface area (Å²) in [6, 6.07) is 5.42. The van der Waals surface area contributed by atoms with Crippen molar-refractivity contribution in [1.29, 1.82) is 0 Å². The number of nitrogens with zero attached hydrogens (tertiary/aromatic N) is 4. The Bertz CT molecular complexity index is 782. The van der Waals surface area contributed by atoms with Gasteiger partial charge in [-0.1, -0.05) is 6.92 Å². The number of aryl methyl sites for hydroxylation is 2. The summed E-state index contributed by atoms with van der Waals surface area (Å²) in [7, 11) is 0. The van der Waals surface area contributed by atoms with Crippen LogP contribution >= 0.6 is 0 Å². The van der Waals surface area contributed by atoms with Crippen molar-refractivity contribution in [2.75, 3.05) is 13.1 Å². The Hall–Kier alpha value is -2.70. The van der Waals surface area contributed by atoms with E-state index in [4.69, 9.17) is 0 Å². The number of aromatic nitrogens is 3. The van der Waals surface area contributed by atoms with Crippen molar-refractivity contribution in [3.8, 4) is 5.82 Å². The molecule has 0 bridgehead atoms. The molecule has 126 valence electrons. The third-order valence-corrected chi connectivity index (χ3v) is 4.44. The number of pyridine rings is 1. The number of carbonyl (C=O) groups excluding carboxylic acids is 1. The summed E-state index contributed by atoms with van der Waals surface area (Å²) < 4.78 is 1.72. The summed E-state index contributed by atoms with van der Waals surface area (Å²) in [6.45, 7) is 6.41. The summed E-state index contributed by atoms with van der Waals surface area (Å²) in [4.78, 5) is 29.7. The van der Waals surface area contributed by atoms with E-state index in [2.05, 4.69) is 10.1 Å². The zero-order valence-electron chi connectivity index (χ0n) is 13.9. The largest absolute Gasteiger partial charge is 0.481 e. The van der Waals surface area contributed by atoms with Crippen LogP contribution in [-0.4, -0.2) is 49.7 Å². The fourth-order valence-corrected chi connectivity index (χ4v) is 3.14. The molecular formula is C17H20N4O3. The molecule has 0 unspecified atom stereocenters. The van der Waals surface area contributed by atoms with Crippen molar-refractivity contribution in [3.05, 3.63) is 41.3 Å². The van der Waals surface area contributed by atoms with Crippen LogP contribution in [0, 0.1) is 25.7 Å². The first-order valence-electron chi connectivity index (χ1n) is 7.88. The van der Waals surface area contributed by atoms with Crippen molar-refractivity contribution in [2.45, 2.75) is 20.8 Å². The lowest BCUT2D eigenvalue weighted by Gasteiger charge is -2.16.